The molecule has 4 nitrogen and oxygen atoms in total. The molecule has 0 bridgehead atoms. The zero-order valence-electron chi connectivity index (χ0n) is 9.42. The third-order valence-corrected chi connectivity index (χ3v) is 2.39. The van der Waals surface area contributed by atoms with Gasteiger partial charge in [-0.05, 0) is 13.0 Å². The van der Waals surface area contributed by atoms with Gasteiger partial charge in [0.15, 0.2) is 0 Å². The van der Waals surface area contributed by atoms with Gasteiger partial charge in [0.1, 0.15) is 17.2 Å². The van der Waals surface area contributed by atoms with Gasteiger partial charge in [-0.3, -0.25) is 4.79 Å². The Labute approximate surface area is 100 Å². The van der Waals surface area contributed by atoms with Crippen molar-refractivity contribution in [3.05, 3.63) is 45.8 Å². The number of aromatic nitrogens is 1. The molecule has 94 valence electrons. The van der Waals surface area contributed by atoms with E-state index < -0.39 is 23.0 Å². The van der Waals surface area contributed by atoms with Gasteiger partial charge in [0, 0.05) is 12.3 Å². The summed E-state index contributed by atoms with van der Waals surface area (Å²) in [5, 5.41) is -0.359. The van der Waals surface area contributed by atoms with E-state index in [0.29, 0.717) is 6.07 Å². The van der Waals surface area contributed by atoms with Crippen LogP contribution in [0.25, 0.3) is 10.9 Å². The van der Waals surface area contributed by atoms with Crippen molar-refractivity contribution < 1.29 is 18.3 Å². The SMILES string of the molecule is CCOC(=O)c1c[nH]c2cc(F)cc(F)c2c1=O. The van der Waals surface area contributed by atoms with Crippen LogP contribution >= 0.6 is 0 Å². The van der Waals surface area contributed by atoms with Crippen LogP contribution in [0.2, 0.25) is 0 Å². The van der Waals surface area contributed by atoms with Gasteiger partial charge in [-0.2, -0.15) is 0 Å². The number of esters is 1. The molecule has 0 atom stereocenters. The number of H-pyrrole nitrogens is 1. The number of carbonyl (C=O) groups is 1. The fraction of sp³-hybridized carbons (Fsp3) is 0.167. The summed E-state index contributed by atoms with van der Waals surface area (Å²) < 4.78 is 31.1. The van der Waals surface area contributed by atoms with Crippen LogP contribution in [0.5, 0.6) is 0 Å². The summed E-state index contributed by atoms with van der Waals surface area (Å²) in [5.74, 6) is -2.67. The number of benzene rings is 1. The highest BCUT2D eigenvalue weighted by Crippen LogP contribution is 2.15. The van der Waals surface area contributed by atoms with E-state index in [0.717, 1.165) is 12.3 Å². The summed E-state index contributed by atoms with van der Waals surface area (Å²) in [7, 11) is 0. The smallest absolute Gasteiger partial charge is 0.343 e. The van der Waals surface area contributed by atoms with E-state index in [1.165, 1.54) is 0 Å². The molecule has 0 unspecified atom stereocenters. The van der Waals surface area contributed by atoms with Gasteiger partial charge < -0.3 is 9.72 Å². The lowest BCUT2D eigenvalue weighted by Gasteiger charge is -2.04. The van der Waals surface area contributed by atoms with E-state index in [2.05, 4.69) is 9.72 Å². The standard InChI is InChI=1S/C12H9F2NO3/c1-2-18-12(17)7-5-15-9-4-6(13)3-8(14)10(9)11(7)16/h3-5H,2H2,1H3,(H,15,16). The van der Waals surface area contributed by atoms with E-state index in [-0.39, 0.29) is 23.1 Å². The summed E-state index contributed by atoms with van der Waals surface area (Å²) >= 11 is 0. The Bertz CT molecular complexity index is 679. The molecule has 1 aromatic heterocycles. The molecular formula is C12H9F2NO3. The zero-order valence-corrected chi connectivity index (χ0v) is 9.42. The van der Waals surface area contributed by atoms with Gasteiger partial charge in [-0.25, -0.2) is 13.6 Å². The molecule has 6 heteroatoms. The number of ether oxygens (including phenoxy) is 1. The molecule has 2 aromatic rings. The van der Waals surface area contributed by atoms with Crippen molar-refractivity contribution in [1.82, 2.24) is 4.98 Å². The lowest BCUT2D eigenvalue weighted by Crippen LogP contribution is -2.19. The first-order valence-corrected chi connectivity index (χ1v) is 5.22. The van der Waals surface area contributed by atoms with Gasteiger partial charge in [0.2, 0.25) is 5.43 Å². The molecule has 0 saturated carbocycles. The van der Waals surface area contributed by atoms with Crippen molar-refractivity contribution in [3.8, 4) is 0 Å². The summed E-state index contributed by atoms with van der Waals surface area (Å²) in [5.41, 5.74) is -1.14. The Morgan fingerprint density at radius 2 is 2.11 bits per heavy atom. The van der Waals surface area contributed by atoms with Crippen LogP contribution in [0.3, 0.4) is 0 Å². The Balaban J connectivity index is 2.72. The van der Waals surface area contributed by atoms with Crippen LogP contribution < -0.4 is 5.43 Å². The lowest BCUT2D eigenvalue weighted by molar-refractivity contribution is 0.0524. The van der Waals surface area contributed by atoms with Crippen LogP contribution in [0, 0.1) is 11.6 Å². The van der Waals surface area contributed by atoms with Gasteiger partial charge >= 0.3 is 5.97 Å². The van der Waals surface area contributed by atoms with E-state index in [4.69, 9.17) is 0 Å². The quantitative estimate of drug-likeness (QED) is 0.832. The number of pyridine rings is 1. The molecule has 0 aliphatic carbocycles. The maximum atomic E-state index is 13.5. The fourth-order valence-corrected chi connectivity index (χ4v) is 1.63. The van der Waals surface area contributed by atoms with E-state index in [9.17, 15) is 18.4 Å². The number of aromatic amines is 1. The molecule has 0 radical (unpaired) electrons. The van der Waals surface area contributed by atoms with Gasteiger partial charge in [0.25, 0.3) is 0 Å². The molecule has 18 heavy (non-hydrogen) atoms. The van der Waals surface area contributed by atoms with Gasteiger partial charge in [-0.1, -0.05) is 0 Å². The zero-order chi connectivity index (χ0) is 13.3. The van der Waals surface area contributed by atoms with Gasteiger partial charge in [-0.15, -0.1) is 0 Å². The summed E-state index contributed by atoms with van der Waals surface area (Å²) in [6, 6.07) is 1.57. The van der Waals surface area contributed by atoms with Crippen LogP contribution in [0.1, 0.15) is 17.3 Å². The molecule has 0 amide bonds. The molecule has 1 N–H and O–H groups in total. The third kappa shape index (κ3) is 1.97. The Hall–Kier alpha value is -2.24. The predicted molar refractivity (Wildman–Crippen MR) is 60.4 cm³/mol. The Kier molecular flexibility index (Phi) is 3.10. The largest absolute Gasteiger partial charge is 0.462 e. The number of halogens is 2. The highest BCUT2D eigenvalue weighted by atomic mass is 19.1. The monoisotopic (exact) mass is 253 g/mol. The summed E-state index contributed by atoms with van der Waals surface area (Å²) in [4.78, 5) is 25.8. The average Bonchev–Trinajstić information content (AvgIpc) is 2.28. The maximum absolute atomic E-state index is 13.5. The predicted octanol–water partition coefficient (Wildman–Crippen LogP) is 1.98. The second-order valence-corrected chi connectivity index (χ2v) is 3.56. The van der Waals surface area contributed by atoms with E-state index in [1.807, 2.05) is 0 Å². The minimum absolute atomic E-state index is 0.00875. The maximum Gasteiger partial charge on any atom is 0.343 e. The number of hydrogen-bond acceptors (Lipinski definition) is 3. The number of fused-ring (bicyclic) bond motifs is 1. The Morgan fingerprint density at radius 1 is 1.39 bits per heavy atom. The first kappa shape index (κ1) is 12.2. The lowest BCUT2D eigenvalue weighted by atomic mass is 10.1. The van der Waals surface area contributed by atoms with Crippen molar-refractivity contribution in [2.45, 2.75) is 6.92 Å². The molecule has 1 heterocycles. The van der Waals surface area contributed by atoms with Crippen molar-refractivity contribution in [2.75, 3.05) is 6.61 Å². The minimum Gasteiger partial charge on any atom is -0.462 e. The van der Waals surface area contributed by atoms with Crippen molar-refractivity contribution >= 4 is 16.9 Å². The molecule has 0 fully saturated rings. The number of nitrogens with one attached hydrogen (secondary N) is 1. The topological polar surface area (TPSA) is 59.2 Å². The first-order valence-electron chi connectivity index (χ1n) is 5.22. The highest BCUT2D eigenvalue weighted by Gasteiger charge is 2.16. The Morgan fingerprint density at radius 3 is 2.78 bits per heavy atom. The molecule has 0 saturated heterocycles. The molecule has 1 aromatic carbocycles. The van der Waals surface area contributed by atoms with Crippen molar-refractivity contribution in [1.29, 1.82) is 0 Å². The van der Waals surface area contributed by atoms with Crippen LogP contribution in [-0.2, 0) is 4.74 Å². The average molecular weight is 253 g/mol. The minimum atomic E-state index is -1.02. The molecular weight excluding hydrogens is 244 g/mol. The third-order valence-electron chi connectivity index (χ3n) is 2.39. The molecule has 0 aliphatic heterocycles. The van der Waals surface area contributed by atoms with Crippen LogP contribution in [-0.4, -0.2) is 17.6 Å². The summed E-state index contributed by atoms with van der Waals surface area (Å²) in [6.45, 7) is 1.69. The highest BCUT2D eigenvalue weighted by molar-refractivity contribution is 5.93. The van der Waals surface area contributed by atoms with Crippen molar-refractivity contribution in [3.63, 3.8) is 0 Å². The molecule has 0 aliphatic rings. The van der Waals surface area contributed by atoms with E-state index >= 15 is 0 Å². The molecule has 0 spiro atoms. The van der Waals surface area contributed by atoms with Crippen LogP contribution in [0.15, 0.2) is 23.1 Å². The van der Waals surface area contributed by atoms with Crippen LogP contribution in [0.4, 0.5) is 8.78 Å². The van der Waals surface area contributed by atoms with E-state index in [1.54, 1.807) is 6.92 Å². The number of rotatable bonds is 2. The normalized spacial score (nSPS) is 10.6. The number of hydrogen-bond donors (Lipinski definition) is 1. The second kappa shape index (κ2) is 4.56. The summed E-state index contributed by atoms with van der Waals surface area (Å²) in [6.07, 6.45) is 1.08. The fourth-order valence-electron chi connectivity index (χ4n) is 1.63. The second-order valence-electron chi connectivity index (χ2n) is 3.56. The van der Waals surface area contributed by atoms with Gasteiger partial charge in [0.05, 0.1) is 17.5 Å². The first-order chi connectivity index (χ1) is 8.54. The number of carbonyl (C=O) groups excluding carboxylic acids is 1. The molecule has 2 rings (SSSR count). The van der Waals surface area contributed by atoms with Crippen molar-refractivity contribution in [2.24, 2.45) is 0 Å².